The molecule has 1 atom stereocenters. The van der Waals surface area contributed by atoms with Gasteiger partial charge in [0.05, 0.1) is 23.9 Å². The molecular formula is C24H21N3O5. The van der Waals surface area contributed by atoms with Gasteiger partial charge in [-0.1, -0.05) is 23.4 Å². The number of rotatable bonds is 4. The SMILES string of the molecule is COC(=O)[C@H](Cc1c2c(n3ccccc13)CCC/C2=N\O)N1C(=O)c2ccccc2C1=O. The van der Waals surface area contributed by atoms with E-state index < -0.39 is 23.8 Å². The van der Waals surface area contributed by atoms with Crippen LogP contribution in [-0.4, -0.2) is 51.2 Å². The van der Waals surface area contributed by atoms with Gasteiger partial charge in [0.2, 0.25) is 0 Å². The number of imide groups is 1. The maximum atomic E-state index is 13.1. The number of aromatic nitrogens is 1. The summed E-state index contributed by atoms with van der Waals surface area (Å²) >= 11 is 0. The fourth-order valence-electron chi connectivity index (χ4n) is 4.89. The summed E-state index contributed by atoms with van der Waals surface area (Å²) in [5.41, 5.74) is 4.43. The molecule has 0 fully saturated rings. The lowest BCUT2D eigenvalue weighted by atomic mass is 9.90. The largest absolute Gasteiger partial charge is 0.467 e. The van der Waals surface area contributed by atoms with E-state index in [1.165, 1.54) is 7.11 Å². The summed E-state index contributed by atoms with van der Waals surface area (Å²) in [6, 6.07) is 11.1. The van der Waals surface area contributed by atoms with Crippen molar-refractivity contribution in [2.24, 2.45) is 5.16 Å². The maximum Gasteiger partial charge on any atom is 0.329 e. The molecule has 8 heteroatoms. The molecule has 1 aliphatic carbocycles. The third kappa shape index (κ3) is 2.83. The van der Waals surface area contributed by atoms with Crippen LogP contribution < -0.4 is 0 Å². The molecule has 2 aromatic heterocycles. The molecule has 8 nitrogen and oxygen atoms in total. The van der Waals surface area contributed by atoms with Crippen molar-refractivity contribution >= 4 is 29.0 Å². The van der Waals surface area contributed by atoms with Crippen LogP contribution in [0.4, 0.5) is 0 Å². The molecule has 0 spiro atoms. The molecule has 2 aliphatic rings. The molecular weight excluding hydrogens is 410 g/mol. The predicted octanol–water partition coefficient (Wildman–Crippen LogP) is 2.83. The smallest absolute Gasteiger partial charge is 0.329 e. The first-order chi connectivity index (χ1) is 15.6. The summed E-state index contributed by atoms with van der Waals surface area (Å²) in [5.74, 6) is -1.72. The van der Waals surface area contributed by atoms with Crippen LogP contribution in [0.25, 0.3) is 5.52 Å². The molecule has 3 aromatic rings. The number of methoxy groups -OCH3 is 1. The predicted molar refractivity (Wildman–Crippen MR) is 115 cm³/mol. The molecule has 0 radical (unpaired) electrons. The molecule has 2 amide bonds. The Balaban J connectivity index is 1.65. The van der Waals surface area contributed by atoms with E-state index in [2.05, 4.69) is 5.16 Å². The van der Waals surface area contributed by atoms with Crippen LogP contribution in [0.2, 0.25) is 0 Å². The average molecular weight is 431 g/mol. The minimum absolute atomic E-state index is 0.0556. The summed E-state index contributed by atoms with van der Waals surface area (Å²) in [6.45, 7) is 0. The Labute approximate surface area is 183 Å². The Morgan fingerprint density at radius 2 is 1.78 bits per heavy atom. The van der Waals surface area contributed by atoms with Gasteiger partial charge in [-0.25, -0.2) is 4.79 Å². The molecule has 1 aromatic carbocycles. The highest BCUT2D eigenvalue weighted by Gasteiger charge is 2.44. The van der Waals surface area contributed by atoms with Crippen LogP contribution in [0.5, 0.6) is 0 Å². The van der Waals surface area contributed by atoms with Crippen LogP contribution in [0, 0.1) is 0 Å². The summed E-state index contributed by atoms with van der Waals surface area (Å²) < 4.78 is 7.03. The molecule has 0 saturated heterocycles. The second-order valence-electron chi connectivity index (χ2n) is 7.93. The lowest BCUT2D eigenvalue weighted by Crippen LogP contribution is -2.47. The minimum atomic E-state index is -1.15. The quantitative estimate of drug-likeness (QED) is 0.296. The maximum absolute atomic E-state index is 13.1. The third-order valence-electron chi connectivity index (χ3n) is 6.29. The van der Waals surface area contributed by atoms with Crippen LogP contribution in [-0.2, 0) is 22.4 Å². The number of aryl methyl sites for hydroxylation is 1. The Kier molecular flexibility index (Phi) is 4.77. The van der Waals surface area contributed by atoms with E-state index in [1.807, 2.05) is 28.8 Å². The van der Waals surface area contributed by atoms with E-state index in [4.69, 9.17) is 4.74 Å². The lowest BCUT2D eigenvalue weighted by Gasteiger charge is -2.25. The summed E-state index contributed by atoms with van der Waals surface area (Å²) in [4.78, 5) is 40.1. The third-order valence-corrected chi connectivity index (χ3v) is 6.29. The van der Waals surface area contributed by atoms with E-state index in [1.54, 1.807) is 24.3 Å². The molecule has 162 valence electrons. The number of hydrogen-bond donors (Lipinski definition) is 1. The topological polar surface area (TPSA) is 101 Å². The lowest BCUT2D eigenvalue weighted by molar-refractivity contribution is -0.145. The van der Waals surface area contributed by atoms with Crippen molar-refractivity contribution in [1.82, 2.24) is 9.30 Å². The fraction of sp³-hybridized carbons (Fsp3) is 0.250. The molecule has 1 aliphatic heterocycles. The van der Waals surface area contributed by atoms with Crippen LogP contribution in [0.3, 0.4) is 0 Å². The normalized spacial score (nSPS) is 17.5. The zero-order chi connectivity index (χ0) is 22.4. The van der Waals surface area contributed by atoms with Crippen molar-refractivity contribution < 1.29 is 24.3 Å². The van der Waals surface area contributed by atoms with Crippen LogP contribution in [0.1, 0.15) is 50.4 Å². The van der Waals surface area contributed by atoms with Crippen molar-refractivity contribution in [3.05, 3.63) is 76.6 Å². The number of pyridine rings is 1. The van der Waals surface area contributed by atoms with Crippen molar-refractivity contribution in [2.45, 2.75) is 31.7 Å². The van der Waals surface area contributed by atoms with Gasteiger partial charge in [-0.05, 0) is 49.1 Å². The first-order valence-corrected chi connectivity index (χ1v) is 10.4. The highest BCUT2D eigenvalue weighted by molar-refractivity contribution is 6.22. The molecule has 3 heterocycles. The van der Waals surface area contributed by atoms with Gasteiger partial charge >= 0.3 is 5.97 Å². The number of carbonyl (C=O) groups is 3. The summed E-state index contributed by atoms with van der Waals surface area (Å²) in [7, 11) is 1.24. The van der Waals surface area contributed by atoms with Gasteiger partial charge in [-0.2, -0.15) is 0 Å². The molecule has 0 unspecified atom stereocenters. The zero-order valence-electron chi connectivity index (χ0n) is 17.4. The second kappa shape index (κ2) is 7.64. The van der Waals surface area contributed by atoms with Gasteiger partial charge in [-0.3, -0.25) is 14.5 Å². The molecule has 1 N–H and O–H groups in total. The molecule has 0 saturated carbocycles. The Hall–Kier alpha value is -3.94. The van der Waals surface area contributed by atoms with Crippen molar-refractivity contribution in [3.63, 3.8) is 0 Å². The Morgan fingerprint density at radius 3 is 2.44 bits per heavy atom. The number of amides is 2. The summed E-state index contributed by atoms with van der Waals surface area (Å²) in [6.07, 6.45) is 4.21. The van der Waals surface area contributed by atoms with Gasteiger partial charge < -0.3 is 14.3 Å². The van der Waals surface area contributed by atoms with Crippen molar-refractivity contribution in [2.75, 3.05) is 7.11 Å². The minimum Gasteiger partial charge on any atom is -0.467 e. The molecule has 32 heavy (non-hydrogen) atoms. The van der Waals surface area contributed by atoms with Gasteiger partial charge in [0.1, 0.15) is 6.04 Å². The van der Waals surface area contributed by atoms with Crippen LogP contribution in [0.15, 0.2) is 53.8 Å². The van der Waals surface area contributed by atoms with Crippen molar-refractivity contribution in [3.8, 4) is 0 Å². The zero-order valence-corrected chi connectivity index (χ0v) is 17.4. The molecule has 5 rings (SSSR count). The van der Waals surface area contributed by atoms with E-state index in [0.29, 0.717) is 12.1 Å². The first kappa shape index (κ1) is 20.0. The van der Waals surface area contributed by atoms with E-state index in [0.717, 1.165) is 40.1 Å². The van der Waals surface area contributed by atoms with Gasteiger partial charge in [0.15, 0.2) is 0 Å². The Bertz CT molecular complexity index is 1270. The first-order valence-electron chi connectivity index (χ1n) is 10.4. The fourth-order valence-corrected chi connectivity index (χ4v) is 4.89. The summed E-state index contributed by atoms with van der Waals surface area (Å²) in [5, 5.41) is 13.2. The Morgan fingerprint density at radius 1 is 1.09 bits per heavy atom. The number of hydrogen-bond acceptors (Lipinski definition) is 6. The number of benzene rings is 1. The number of carbonyl (C=O) groups excluding carboxylic acids is 3. The number of esters is 1. The van der Waals surface area contributed by atoms with Crippen LogP contribution >= 0.6 is 0 Å². The monoisotopic (exact) mass is 431 g/mol. The van der Waals surface area contributed by atoms with E-state index >= 15 is 0 Å². The molecule has 0 bridgehead atoms. The standard InChI is InChI=1S/C24H21N3O5/c1-32-24(30)20(27-22(28)14-7-2-3-8-15(14)23(27)29)13-16-18-10-4-5-12-26(18)19-11-6-9-17(25-31)21(16)19/h2-5,7-8,10,12,20,31H,6,9,11,13H2,1H3/b25-17+/t20-/m0/s1. The highest BCUT2D eigenvalue weighted by Crippen LogP contribution is 2.34. The van der Waals surface area contributed by atoms with Crippen molar-refractivity contribution in [1.29, 1.82) is 0 Å². The number of oxime groups is 1. The number of ether oxygens (including phenoxy) is 1. The average Bonchev–Trinajstić information content (AvgIpc) is 3.29. The number of fused-ring (bicyclic) bond motifs is 4. The number of nitrogens with zero attached hydrogens (tertiary/aromatic N) is 3. The van der Waals surface area contributed by atoms with E-state index in [9.17, 15) is 19.6 Å². The van der Waals surface area contributed by atoms with Gasteiger partial charge in [0.25, 0.3) is 11.8 Å². The van der Waals surface area contributed by atoms with Gasteiger partial charge in [-0.15, -0.1) is 0 Å². The highest BCUT2D eigenvalue weighted by atomic mass is 16.5. The van der Waals surface area contributed by atoms with Gasteiger partial charge in [0, 0.05) is 29.4 Å². The second-order valence-corrected chi connectivity index (χ2v) is 7.93. The van der Waals surface area contributed by atoms with E-state index in [-0.39, 0.29) is 17.5 Å².